The highest BCUT2D eigenvalue weighted by molar-refractivity contribution is 6.30. The molecule has 1 aromatic heterocycles. The van der Waals surface area contributed by atoms with Crippen LogP contribution >= 0.6 is 11.6 Å². The number of nitrogens with zero attached hydrogens (tertiary/aromatic N) is 2. The summed E-state index contributed by atoms with van der Waals surface area (Å²) in [6, 6.07) is 15.8. The van der Waals surface area contributed by atoms with Crippen molar-refractivity contribution >= 4 is 34.3 Å². The Morgan fingerprint density at radius 2 is 1.77 bits per heavy atom. The molecule has 2 aromatic carbocycles. The van der Waals surface area contributed by atoms with E-state index in [1.807, 2.05) is 48.7 Å². The summed E-state index contributed by atoms with van der Waals surface area (Å²) in [5.74, 6) is 0.386. The van der Waals surface area contributed by atoms with Crippen LogP contribution in [0.3, 0.4) is 0 Å². The highest BCUT2D eigenvalue weighted by Gasteiger charge is 2.24. The van der Waals surface area contributed by atoms with Gasteiger partial charge in [-0.1, -0.05) is 30.3 Å². The molecule has 7 nitrogen and oxygen atoms in total. The first-order valence-electron chi connectivity index (χ1n) is 11.8. The van der Waals surface area contributed by atoms with Crippen LogP contribution in [0, 0.1) is 0 Å². The molecule has 0 aliphatic carbocycles. The second kappa shape index (κ2) is 13.2. The Morgan fingerprint density at radius 3 is 2.46 bits per heavy atom. The monoisotopic (exact) mass is 499 g/mol. The number of aromatic amines is 1. The van der Waals surface area contributed by atoms with Crippen LogP contribution < -0.4 is 4.74 Å². The van der Waals surface area contributed by atoms with Gasteiger partial charge >= 0.3 is 0 Å². The number of alkyl halides is 1. The normalized spacial score (nSPS) is 11.9. The molecule has 1 heterocycles. The van der Waals surface area contributed by atoms with Crippen LogP contribution in [0.2, 0.25) is 0 Å². The third-order valence-electron chi connectivity index (χ3n) is 5.97. The predicted octanol–water partition coefficient (Wildman–Crippen LogP) is 4.24. The molecule has 0 radical (unpaired) electrons. The molecule has 3 aromatic rings. The van der Waals surface area contributed by atoms with E-state index in [4.69, 9.17) is 21.1 Å². The standard InChI is InChI=1S/C27H34ClN3O4/c1-20(28)27(33)31(14-6-16-34-2)19-26(32)30(18-21-9-11-23(35-3)12-10-21)15-13-22-17-29-25-8-5-4-7-24(22)25/h4-5,7-12,17,20,29H,6,13-16,18-19H2,1-3H3. The largest absolute Gasteiger partial charge is 0.497 e. The minimum absolute atomic E-state index is 0.0242. The smallest absolute Gasteiger partial charge is 0.242 e. The van der Waals surface area contributed by atoms with Crippen LogP contribution in [0.25, 0.3) is 10.9 Å². The molecule has 0 aliphatic heterocycles. The summed E-state index contributed by atoms with van der Waals surface area (Å²) in [7, 11) is 3.24. The van der Waals surface area contributed by atoms with Crippen LogP contribution in [-0.4, -0.2) is 72.4 Å². The molecular formula is C27H34ClN3O4. The molecule has 0 spiro atoms. The number of carbonyl (C=O) groups is 2. The molecule has 2 amide bonds. The number of para-hydroxylation sites is 1. The minimum Gasteiger partial charge on any atom is -0.497 e. The van der Waals surface area contributed by atoms with Gasteiger partial charge in [-0.05, 0) is 49.1 Å². The fourth-order valence-electron chi connectivity index (χ4n) is 4.02. The number of methoxy groups -OCH3 is 2. The van der Waals surface area contributed by atoms with Gasteiger partial charge in [-0.15, -0.1) is 11.6 Å². The van der Waals surface area contributed by atoms with Crippen molar-refractivity contribution in [2.75, 3.05) is 40.5 Å². The van der Waals surface area contributed by atoms with E-state index in [1.54, 1.807) is 26.0 Å². The number of nitrogens with one attached hydrogen (secondary N) is 1. The summed E-state index contributed by atoms with van der Waals surface area (Å²) in [4.78, 5) is 32.8. The lowest BCUT2D eigenvalue weighted by Gasteiger charge is -2.28. The number of ether oxygens (including phenoxy) is 2. The van der Waals surface area contributed by atoms with E-state index in [0.29, 0.717) is 39.1 Å². The van der Waals surface area contributed by atoms with Gasteiger partial charge in [-0.2, -0.15) is 0 Å². The van der Waals surface area contributed by atoms with Gasteiger partial charge in [-0.3, -0.25) is 9.59 Å². The topological polar surface area (TPSA) is 74.9 Å². The van der Waals surface area contributed by atoms with E-state index >= 15 is 0 Å². The SMILES string of the molecule is COCCCN(CC(=O)N(CCc1c[nH]c2ccccc12)Cc1ccc(OC)cc1)C(=O)C(C)Cl. The molecule has 0 aliphatic rings. The summed E-state index contributed by atoms with van der Waals surface area (Å²) >= 11 is 6.08. The Labute approximate surface area is 211 Å². The van der Waals surface area contributed by atoms with E-state index in [9.17, 15) is 9.59 Å². The number of hydrogen-bond donors (Lipinski definition) is 1. The highest BCUT2D eigenvalue weighted by atomic mass is 35.5. The molecule has 1 atom stereocenters. The van der Waals surface area contributed by atoms with Crippen molar-refractivity contribution in [3.8, 4) is 5.75 Å². The molecule has 0 saturated heterocycles. The van der Waals surface area contributed by atoms with E-state index in [0.717, 1.165) is 27.8 Å². The Balaban J connectivity index is 1.77. The Kier molecular flexibility index (Phi) is 9.99. The molecule has 3 rings (SSSR count). The molecule has 0 saturated carbocycles. The number of carbonyl (C=O) groups excluding carboxylic acids is 2. The van der Waals surface area contributed by atoms with E-state index < -0.39 is 5.38 Å². The summed E-state index contributed by atoms with van der Waals surface area (Å²) in [6.45, 7) is 3.47. The number of aromatic nitrogens is 1. The van der Waals surface area contributed by atoms with Gasteiger partial charge in [0.2, 0.25) is 11.8 Å². The molecule has 0 bridgehead atoms. The summed E-state index contributed by atoms with van der Waals surface area (Å²) in [6.07, 6.45) is 3.32. The fourth-order valence-corrected chi connectivity index (χ4v) is 4.16. The van der Waals surface area contributed by atoms with E-state index in [-0.39, 0.29) is 18.4 Å². The van der Waals surface area contributed by atoms with Crippen molar-refractivity contribution in [2.45, 2.75) is 31.7 Å². The molecular weight excluding hydrogens is 466 g/mol. The molecule has 188 valence electrons. The van der Waals surface area contributed by atoms with Crippen molar-refractivity contribution in [2.24, 2.45) is 0 Å². The first-order valence-corrected chi connectivity index (χ1v) is 12.2. The molecule has 1 unspecified atom stereocenters. The van der Waals surface area contributed by atoms with Crippen molar-refractivity contribution < 1.29 is 19.1 Å². The zero-order valence-electron chi connectivity index (χ0n) is 20.6. The molecule has 35 heavy (non-hydrogen) atoms. The minimum atomic E-state index is -0.702. The third kappa shape index (κ3) is 7.47. The Bertz CT molecular complexity index is 1100. The number of fused-ring (bicyclic) bond motifs is 1. The Hall–Kier alpha value is -3.03. The molecule has 1 N–H and O–H groups in total. The number of halogens is 1. The predicted molar refractivity (Wildman–Crippen MR) is 139 cm³/mol. The average Bonchev–Trinajstić information content (AvgIpc) is 3.29. The first kappa shape index (κ1) is 26.6. The van der Waals surface area contributed by atoms with Crippen molar-refractivity contribution in [1.82, 2.24) is 14.8 Å². The number of benzene rings is 2. The average molecular weight is 500 g/mol. The Morgan fingerprint density at radius 1 is 1.03 bits per heavy atom. The van der Waals surface area contributed by atoms with Gasteiger partial charge < -0.3 is 24.3 Å². The maximum Gasteiger partial charge on any atom is 0.242 e. The van der Waals surface area contributed by atoms with Gasteiger partial charge in [0.25, 0.3) is 0 Å². The quantitative estimate of drug-likeness (QED) is 0.282. The second-order valence-corrected chi connectivity index (χ2v) is 9.15. The van der Waals surface area contributed by atoms with Gasteiger partial charge in [0.15, 0.2) is 0 Å². The number of amides is 2. The number of rotatable bonds is 13. The lowest BCUT2D eigenvalue weighted by molar-refractivity contribution is -0.140. The first-order chi connectivity index (χ1) is 16.9. The maximum atomic E-state index is 13.5. The van der Waals surface area contributed by atoms with Gasteiger partial charge in [-0.25, -0.2) is 0 Å². The van der Waals surface area contributed by atoms with E-state index in [1.165, 1.54) is 4.90 Å². The fraction of sp³-hybridized carbons (Fsp3) is 0.407. The number of H-pyrrole nitrogens is 1. The zero-order valence-corrected chi connectivity index (χ0v) is 21.4. The zero-order chi connectivity index (χ0) is 25.2. The number of hydrogen-bond acceptors (Lipinski definition) is 4. The van der Waals surface area contributed by atoms with Crippen LogP contribution in [0.15, 0.2) is 54.7 Å². The van der Waals surface area contributed by atoms with E-state index in [2.05, 4.69) is 11.1 Å². The van der Waals surface area contributed by atoms with Crippen molar-refractivity contribution in [1.29, 1.82) is 0 Å². The summed E-state index contributed by atoms with van der Waals surface area (Å²) in [5.41, 5.74) is 3.21. The second-order valence-electron chi connectivity index (χ2n) is 8.50. The van der Waals surface area contributed by atoms with Gasteiger partial charge in [0.05, 0.1) is 13.7 Å². The lowest BCUT2D eigenvalue weighted by atomic mass is 10.1. The van der Waals surface area contributed by atoms with Crippen molar-refractivity contribution in [3.63, 3.8) is 0 Å². The molecule has 8 heteroatoms. The van der Waals surface area contributed by atoms with Crippen molar-refractivity contribution in [3.05, 3.63) is 65.9 Å². The third-order valence-corrected chi connectivity index (χ3v) is 6.15. The van der Waals surface area contributed by atoms with Gasteiger partial charge in [0, 0.05) is 50.5 Å². The van der Waals surface area contributed by atoms with Crippen LogP contribution in [0.5, 0.6) is 5.75 Å². The lowest BCUT2D eigenvalue weighted by Crippen LogP contribution is -2.45. The van der Waals surface area contributed by atoms with Crippen LogP contribution in [0.4, 0.5) is 0 Å². The van der Waals surface area contributed by atoms with Crippen LogP contribution in [-0.2, 0) is 27.3 Å². The van der Waals surface area contributed by atoms with Gasteiger partial charge in [0.1, 0.15) is 11.1 Å². The van der Waals surface area contributed by atoms with Crippen LogP contribution in [0.1, 0.15) is 24.5 Å². The molecule has 0 fully saturated rings. The highest BCUT2D eigenvalue weighted by Crippen LogP contribution is 2.19. The summed E-state index contributed by atoms with van der Waals surface area (Å²) in [5, 5.41) is 0.447. The maximum absolute atomic E-state index is 13.5. The summed E-state index contributed by atoms with van der Waals surface area (Å²) < 4.78 is 10.4.